The van der Waals surface area contributed by atoms with Crippen LogP contribution in [-0.2, 0) is 0 Å². The lowest BCUT2D eigenvalue weighted by Gasteiger charge is -2.07. The van der Waals surface area contributed by atoms with Crippen LogP contribution in [0.4, 0.5) is 0 Å². The summed E-state index contributed by atoms with van der Waals surface area (Å²) < 4.78 is 1.76. The summed E-state index contributed by atoms with van der Waals surface area (Å²) in [7, 11) is 0. The molecule has 70 valence electrons. The van der Waals surface area contributed by atoms with E-state index in [0.717, 1.165) is 14.5 Å². The Morgan fingerprint density at radius 3 is 2.46 bits per heavy atom. The average molecular weight is 306 g/mol. The molecule has 0 aromatic heterocycles. The van der Waals surface area contributed by atoms with Crippen molar-refractivity contribution < 1.29 is 4.79 Å². The zero-order valence-electron chi connectivity index (χ0n) is 7.47. The van der Waals surface area contributed by atoms with Gasteiger partial charge in [-0.2, -0.15) is 0 Å². The second-order valence-electron chi connectivity index (χ2n) is 3.12. The number of hydrogen-bond acceptors (Lipinski definition) is 1. The molecule has 1 aromatic carbocycles. The van der Waals surface area contributed by atoms with Crippen LogP contribution < -0.4 is 0 Å². The molecule has 0 aliphatic rings. The van der Waals surface area contributed by atoms with Crippen LogP contribution >= 0.6 is 31.9 Å². The van der Waals surface area contributed by atoms with E-state index in [1.54, 1.807) is 0 Å². The van der Waals surface area contributed by atoms with E-state index in [9.17, 15) is 4.79 Å². The molecule has 0 spiro atoms. The SMILES string of the molecule is CC(C)C(=O)c1cccc(Br)c1Br. The van der Waals surface area contributed by atoms with Crippen LogP contribution in [0.15, 0.2) is 27.1 Å². The molecular formula is C10H10Br2O. The van der Waals surface area contributed by atoms with Gasteiger partial charge in [0.2, 0.25) is 0 Å². The zero-order valence-corrected chi connectivity index (χ0v) is 10.6. The van der Waals surface area contributed by atoms with Gasteiger partial charge in [-0.05, 0) is 37.9 Å². The highest BCUT2D eigenvalue weighted by Gasteiger charge is 2.14. The van der Waals surface area contributed by atoms with Crippen LogP contribution in [0.1, 0.15) is 24.2 Å². The molecule has 13 heavy (non-hydrogen) atoms. The number of carbonyl (C=O) groups excluding carboxylic acids is 1. The first-order chi connectivity index (χ1) is 6.04. The maximum Gasteiger partial charge on any atom is 0.166 e. The number of carbonyl (C=O) groups is 1. The molecule has 0 bridgehead atoms. The van der Waals surface area contributed by atoms with Gasteiger partial charge in [-0.25, -0.2) is 0 Å². The fourth-order valence-corrected chi connectivity index (χ4v) is 1.83. The Labute approximate surface area is 94.8 Å². The van der Waals surface area contributed by atoms with Crippen LogP contribution in [-0.4, -0.2) is 5.78 Å². The number of hydrogen-bond donors (Lipinski definition) is 0. The smallest absolute Gasteiger partial charge is 0.166 e. The van der Waals surface area contributed by atoms with Gasteiger partial charge in [0.25, 0.3) is 0 Å². The predicted octanol–water partition coefficient (Wildman–Crippen LogP) is 4.05. The molecule has 0 saturated carbocycles. The van der Waals surface area contributed by atoms with Gasteiger partial charge >= 0.3 is 0 Å². The molecule has 1 aromatic rings. The minimum atomic E-state index is 0.0330. The normalized spacial score (nSPS) is 10.5. The molecule has 0 fully saturated rings. The van der Waals surface area contributed by atoms with E-state index in [-0.39, 0.29) is 11.7 Å². The first-order valence-electron chi connectivity index (χ1n) is 4.02. The molecule has 1 rings (SSSR count). The molecule has 0 unspecified atom stereocenters. The minimum Gasteiger partial charge on any atom is -0.294 e. The monoisotopic (exact) mass is 304 g/mol. The van der Waals surface area contributed by atoms with Gasteiger partial charge in [0.05, 0.1) is 0 Å². The van der Waals surface area contributed by atoms with Crippen molar-refractivity contribution in [2.45, 2.75) is 13.8 Å². The molecule has 0 aliphatic carbocycles. The second kappa shape index (κ2) is 4.38. The van der Waals surface area contributed by atoms with Gasteiger partial charge in [0.1, 0.15) is 0 Å². The van der Waals surface area contributed by atoms with Crippen molar-refractivity contribution in [3.63, 3.8) is 0 Å². The number of rotatable bonds is 2. The van der Waals surface area contributed by atoms with Crippen molar-refractivity contribution in [1.29, 1.82) is 0 Å². The highest BCUT2D eigenvalue weighted by molar-refractivity contribution is 9.13. The summed E-state index contributed by atoms with van der Waals surface area (Å²) in [6, 6.07) is 5.60. The van der Waals surface area contributed by atoms with Crippen molar-refractivity contribution in [2.24, 2.45) is 5.92 Å². The van der Waals surface area contributed by atoms with Crippen molar-refractivity contribution in [2.75, 3.05) is 0 Å². The van der Waals surface area contributed by atoms with Gasteiger partial charge in [0.15, 0.2) is 5.78 Å². The van der Waals surface area contributed by atoms with Crippen LogP contribution in [0.5, 0.6) is 0 Å². The molecule has 0 atom stereocenters. The summed E-state index contributed by atoms with van der Waals surface area (Å²) in [4.78, 5) is 11.7. The molecule has 0 aliphatic heterocycles. The molecule has 0 radical (unpaired) electrons. The van der Waals surface area contributed by atoms with Gasteiger partial charge in [-0.1, -0.05) is 26.0 Å². The Kier molecular flexibility index (Phi) is 3.68. The lowest BCUT2D eigenvalue weighted by atomic mass is 10.0. The Hall–Kier alpha value is -0.150. The Morgan fingerprint density at radius 2 is 1.92 bits per heavy atom. The average Bonchev–Trinajstić information content (AvgIpc) is 2.08. The maximum atomic E-state index is 11.7. The lowest BCUT2D eigenvalue weighted by Crippen LogP contribution is -2.08. The van der Waals surface area contributed by atoms with E-state index >= 15 is 0 Å². The van der Waals surface area contributed by atoms with Gasteiger partial charge in [-0.15, -0.1) is 0 Å². The predicted molar refractivity (Wildman–Crippen MR) is 61.0 cm³/mol. The van der Waals surface area contributed by atoms with E-state index in [0.29, 0.717) is 0 Å². The third-order valence-corrected chi connectivity index (χ3v) is 3.79. The quantitative estimate of drug-likeness (QED) is 0.753. The van der Waals surface area contributed by atoms with E-state index in [4.69, 9.17) is 0 Å². The molecule has 3 heteroatoms. The van der Waals surface area contributed by atoms with Gasteiger partial charge in [0, 0.05) is 20.4 Å². The number of Topliss-reactive ketones (excluding diaryl/α,β-unsaturated/α-hetero) is 1. The molecule has 0 saturated heterocycles. The summed E-state index contributed by atoms with van der Waals surface area (Å²) in [5.74, 6) is 0.193. The number of halogens is 2. The standard InChI is InChI=1S/C10H10Br2O/c1-6(2)10(13)7-4-3-5-8(11)9(7)12/h3-6H,1-2H3. The number of ketones is 1. The van der Waals surface area contributed by atoms with Gasteiger partial charge < -0.3 is 0 Å². The summed E-state index contributed by atoms with van der Waals surface area (Å²) in [5, 5.41) is 0. The zero-order chi connectivity index (χ0) is 10.0. The molecule has 0 amide bonds. The Balaban J connectivity index is 3.15. The highest BCUT2D eigenvalue weighted by Crippen LogP contribution is 2.28. The minimum absolute atomic E-state index is 0.0330. The van der Waals surface area contributed by atoms with E-state index in [1.807, 2.05) is 32.0 Å². The molecule has 1 nitrogen and oxygen atoms in total. The van der Waals surface area contributed by atoms with E-state index < -0.39 is 0 Å². The fraction of sp³-hybridized carbons (Fsp3) is 0.300. The van der Waals surface area contributed by atoms with Crippen LogP contribution in [0, 0.1) is 5.92 Å². The molecule has 0 heterocycles. The second-order valence-corrected chi connectivity index (χ2v) is 4.77. The van der Waals surface area contributed by atoms with E-state index in [2.05, 4.69) is 31.9 Å². The Bertz CT molecular complexity index is 332. The molecule has 0 N–H and O–H groups in total. The summed E-state index contributed by atoms with van der Waals surface area (Å²) in [6.45, 7) is 3.80. The van der Waals surface area contributed by atoms with Crippen LogP contribution in [0.25, 0.3) is 0 Å². The van der Waals surface area contributed by atoms with E-state index in [1.165, 1.54) is 0 Å². The van der Waals surface area contributed by atoms with Crippen molar-refractivity contribution in [3.05, 3.63) is 32.7 Å². The Morgan fingerprint density at radius 1 is 1.31 bits per heavy atom. The maximum absolute atomic E-state index is 11.7. The topological polar surface area (TPSA) is 17.1 Å². The number of benzene rings is 1. The highest BCUT2D eigenvalue weighted by atomic mass is 79.9. The van der Waals surface area contributed by atoms with Crippen molar-refractivity contribution >= 4 is 37.6 Å². The first kappa shape index (κ1) is 10.9. The summed E-state index contributed by atoms with van der Waals surface area (Å²) >= 11 is 6.75. The van der Waals surface area contributed by atoms with Crippen molar-refractivity contribution in [3.8, 4) is 0 Å². The van der Waals surface area contributed by atoms with Crippen molar-refractivity contribution in [1.82, 2.24) is 0 Å². The first-order valence-corrected chi connectivity index (χ1v) is 5.61. The lowest BCUT2D eigenvalue weighted by molar-refractivity contribution is 0.0938. The van der Waals surface area contributed by atoms with Gasteiger partial charge in [-0.3, -0.25) is 4.79 Å². The third kappa shape index (κ3) is 2.41. The fourth-order valence-electron chi connectivity index (χ4n) is 1.01. The van der Waals surface area contributed by atoms with Crippen LogP contribution in [0.3, 0.4) is 0 Å². The van der Waals surface area contributed by atoms with Crippen LogP contribution in [0.2, 0.25) is 0 Å². The largest absolute Gasteiger partial charge is 0.294 e. The third-order valence-electron chi connectivity index (χ3n) is 1.74. The summed E-state index contributed by atoms with van der Waals surface area (Å²) in [5.41, 5.74) is 0.740. The molecular weight excluding hydrogens is 296 g/mol. The summed E-state index contributed by atoms with van der Waals surface area (Å²) in [6.07, 6.45) is 0.